The van der Waals surface area contributed by atoms with E-state index >= 15 is 0 Å². The molecule has 1 aromatic heterocycles. The van der Waals surface area contributed by atoms with Crippen LogP contribution in [0.1, 0.15) is 5.69 Å². The van der Waals surface area contributed by atoms with E-state index in [1.807, 2.05) is 0 Å². The van der Waals surface area contributed by atoms with E-state index in [1.165, 1.54) is 18.3 Å². The Bertz CT molecular complexity index is 673. The third kappa shape index (κ3) is 2.86. The quantitative estimate of drug-likeness (QED) is 0.384. The first-order chi connectivity index (χ1) is 9.47. The van der Waals surface area contributed by atoms with Crippen LogP contribution in [0.4, 0.5) is 10.1 Å². The Morgan fingerprint density at radius 1 is 1.40 bits per heavy atom. The minimum atomic E-state index is -0.852. The predicted octanol–water partition coefficient (Wildman–Crippen LogP) is 2.21. The monoisotopic (exact) mass is 276 g/mol. The highest BCUT2D eigenvalue weighted by Gasteiger charge is 2.12. The van der Waals surface area contributed by atoms with Crippen LogP contribution in [0.15, 0.2) is 36.5 Å². The van der Waals surface area contributed by atoms with Crippen molar-refractivity contribution in [1.29, 1.82) is 5.41 Å². The number of hydrogen-bond acceptors (Lipinski definition) is 5. The van der Waals surface area contributed by atoms with E-state index in [0.717, 1.165) is 18.2 Å². The normalized spacial score (nSPS) is 10.1. The van der Waals surface area contributed by atoms with Gasteiger partial charge in [-0.3, -0.25) is 15.5 Å². The lowest BCUT2D eigenvalue weighted by Crippen LogP contribution is -2.12. The molecule has 0 aliphatic carbocycles. The van der Waals surface area contributed by atoms with Gasteiger partial charge in [-0.2, -0.15) is 0 Å². The second-order valence-electron chi connectivity index (χ2n) is 3.77. The molecule has 8 heteroatoms. The van der Waals surface area contributed by atoms with Gasteiger partial charge in [-0.25, -0.2) is 9.37 Å². The second kappa shape index (κ2) is 5.31. The smallest absolute Gasteiger partial charge is 0.272 e. The Morgan fingerprint density at radius 2 is 2.15 bits per heavy atom. The molecule has 0 saturated carbocycles. The van der Waals surface area contributed by atoms with E-state index < -0.39 is 10.7 Å². The number of ether oxygens (including phenoxy) is 1. The van der Waals surface area contributed by atoms with Gasteiger partial charge >= 0.3 is 0 Å². The van der Waals surface area contributed by atoms with Gasteiger partial charge in [0.15, 0.2) is 11.6 Å². The average molecular weight is 276 g/mol. The van der Waals surface area contributed by atoms with E-state index in [1.54, 1.807) is 0 Å². The number of nitrogens with one attached hydrogen (secondary N) is 1. The lowest BCUT2D eigenvalue weighted by molar-refractivity contribution is -0.385. The number of nitrogen functional groups attached to an aromatic ring is 1. The predicted molar refractivity (Wildman–Crippen MR) is 68.4 cm³/mol. The summed E-state index contributed by atoms with van der Waals surface area (Å²) in [7, 11) is 0. The topological polar surface area (TPSA) is 115 Å². The van der Waals surface area contributed by atoms with Gasteiger partial charge in [0.25, 0.3) is 5.69 Å². The van der Waals surface area contributed by atoms with Crippen LogP contribution in [0.3, 0.4) is 0 Å². The molecular weight excluding hydrogens is 267 g/mol. The molecule has 7 nitrogen and oxygen atoms in total. The number of pyridine rings is 1. The number of aromatic nitrogens is 1. The molecule has 0 spiro atoms. The Morgan fingerprint density at radius 3 is 2.65 bits per heavy atom. The molecule has 0 unspecified atom stereocenters. The molecule has 20 heavy (non-hydrogen) atoms. The number of hydrogen-bond donors (Lipinski definition) is 2. The zero-order valence-electron chi connectivity index (χ0n) is 10.0. The van der Waals surface area contributed by atoms with E-state index in [2.05, 4.69) is 4.98 Å². The van der Waals surface area contributed by atoms with Crippen molar-refractivity contribution in [2.24, 2.45) is 5.73 Å². The highest BCUT2D eigenvalue weighted by atomic mass is 19.1. The van der Waals surface area contributed by atoms with Crippen molar-refractivity contribution in [2.75, 3.05) is 0 Å². The van der Waals surface area contributed by atoms with Crippen molar-refractivity contribution in [2.45, 2.75) is 0 Å². The molecule has 1 aromatic carbocycles. The van der Waals surface area contributed by atoms with Gasteiger partial charge in [0, 0.05) is 6.07 Å². The van der Waals surface area contributed by atoms with Crippen LogP contribution < -0.4 is 10.5 Å². The molecule has 0 aliphatic heterocycles. The molecule has 0 radical (unpaired) electrons. The minimum absolute atomic E-state index is 0.159. The first-order valence-electron chi connectivity index (χ1n) is 5.39. The molecule has 0 amide bonds. The summed E-state index contributed by atoms with van der Waals surface area (Å²) in [5.74, 6) is -0.983. The standard InChI is InChI=1S/C12H9FN4O3/c13-9-5-7(17(18)19)1-4-11(9)20-8-2-3-10(12(14)15)16-6-8/h1-6H,(H3,14,15). The van der Waals surface area contributed by atoms with Crippen LogP contribution in [-0.2, 0) is 0 Å². The SMILES string of the molecule is N=C(N)c1ccc(Oc2ccc([N+](=O)[O-])cc2F)cn1. The van der Waals surface area contributed by atoms with Crippen LogP contribution in [0.5, 0.6) is 11.5 Å². The lowest BCUT2D eigenvalue weighted by Gasteiger charge is -2.06. The summed E-state index contributed by atoms with van der Waals surface area (Å²) in [6, 6.07) is 5.97. The Kier molecular flexibility index (Phi) is 3.56. The van der Waals surface area contributed by atoms with Crippen molar-refractivity contribution in [3.05, 3.63) is 58.2 Å². The summed E-state index contributed by atoms with van der Waals surface area (Å²) in [5.41, 5.74) is 5.15. The summed E-state index contributed by atoms with van der Waals surface area (Å²) >= 11 is 0. The third-order valence-electron chi connectivity index (χ3n) is 2.37. The summed E-state index contributed by atoms with van der Waals surface area (Å²) in [4.78, 5) is 13.6. The Balaban J connectivity index is 2.21. The van der Waals surface area contributed by atoms with Crippen LogP contribution in [0, 0.1) is 21.3 Å². The molecule has 0 atom stereocenters. The molecule has 2 aromatic rings. The van der Waals surface area contributed by atoms with E-state index in [4.69, 9.17) is 15.9 Å². The molecule has 102 valence electrons. The number of rotatable bonds is 4. The lowest BCUT2D eigenvalue weighted by atomic mass is 10.3. The number of nitro groups is 1. The van der Waals surface area contributed by atoms with Crippen LogP contribution >= 0.6 is 0 Å². The first-order valence-corrected chi connectivity index (χ1v) is 5.39. The number of nitrogens with zero attached hydrogens (tertiary/aromatic N) is 2. The van der Waals surface area contributed by atoms with E-state index in [-0.39, 0.29) is 28.7 Å². The van der Waals surface area contributed by atoms with Crippen molar-refractivity contribution in [1.82, 2.24) is 4.98 Å². The van der Waals surface area contributed by atoms with Crippen LogP contribution in [0.25, 0.3) is 0 Å². The fourth-order valence-corrected chi connectivity index (χ4v) is 1.41. The number of amidine groups is 1. The number of nitro benzene ring substituents is 1. The van der Waals surface area contributed by atoms with Crippen LogP contribution in [-0.4, -0.2) is 15.7 Å². The molecule has 0 fully saturated rings. The van der Waals surface area contributed by atoms with Crippen molar-refractivity contribution < 1.29 is 14.1 Å². The third-order valence-corrected chi connectivity index (χ3v) is 2.37. The molecule has 0 aliphatic rings. The average Bonchev–Trinajstić information content (AvgIpc) is 2.41. The van der Waals surface area contributed by atoms with E-state index in [0.29, 0.717) is 0 Å². The Hall–Kier alpha value is -3.03. The summed E-state index contributed by atoms with van der Waals surface area (Å²) in [5, 5.41) is 17.7. The zero-order valence-corrected chi connectivity index (χ0v) is 10.0. The number of nitrogens with two attached hydrogens (primary N) is 1. The van der Waals surface area contributed by atoms with Gasteiger partial charge in [0.2, 0.25) is 0 Å². The van der Waals surface area contributed by atoms with Gasteiger partial charge in [-0.1, -0.05) is 0 Å². The molecule has 0 saturated heterocycles. The Labute approximate surface area is 112 Å². The molecular formula is C12H9FN4O3. The van der Waals surface area contributed by atoms with Gasteiger partial charge in [-0.05, 0) is 18.2 Å². The maximum atomic E-state index is 13.6. The van der Waals surface area contributed by atoms with Gasteiger partial charge in [0.1, 0.15) is 17.3 Å². The summed E-state index contributed by atoms with van der Waals surface area (Å²) in [6.07, 6.45) is 1.28. The summed E-state index contributed by atoms with van der Waals surface area (Å²) in [6.45, 7) is 0. The second-order valence-corrected chi connectivity index (χ2v) is 3.77. The molecule has 3 N–H and O–H groups in total. The van der Waals surface area contributed by atoms with Gasteiger partial charge in [0.05, 0.1) is 17.2 Å². The van der Waals surface area contributed by atoms with Crippen molar-refractivity contribution in [3.63, 3.8) is 0 Å². The molecule has 1 heterocycles. The number of benzene rings is 1. The fraction of sp³-hybridized carbons (Fsp3) is 0. The van der Waals surface area contributed by atoms with Gasteiger partial charge in [-0.15, -0.1) is 0 Å². The minimum Gasteiger partial charge on any atom is -0.453 e. The maximum Gasteiger partial charge on any atom is 0.272 e. The summed E-state index contributed by atoms with van der Waals surface area (Å²) < 4.78 is 18.8. The highest BCUT2D eigenvalue weighted by molar-refractivity contribution is 5.92. The van der Waals surface area contributed by atoms with Gasteiger partial charge < -0.3 is 10.5 Å². The fourth-order valence-electron chi connectivity index (χ4n) is 1.41. The highest BCUT2D eigenvalue weighted by Crippen LogP contribution is 2.27. The largest absolute Gasteiger partial charge is 0.453 e. The molecule has 0 bridgehead atoms. The van der Waals surface area contributed by atoms with Crippen LogP contribution in [0.2, 0.25) is 0 Å². The van der Waals surface area contributed by atoms with E-state index in [9.17, 15) is 14.5 Å². The van der Waals surface area contributed by atoms with Crippen molar-refractivity contribution >= 4 is 11.5 Å². The number of non-ortho nitro benzene ring substituents is 1. The first kappa shape index (κ1) is 13.4. The van der Waals surface area contributed by atoms with Crippen molar-refractivity contribution in [3.8, 4) is 11.5 Å². The maximum absolute atomic E-state index is 13.6. The molecule has 2 rings (SSSR count). The zero-order chi connectivity index (χ0) is 14.7. The number of halogens is 1.